The van der Waals surface area contributed by atoms with Gasteiger partial charge < -0.3 is 14.8 Å². The average Bonchev–Trinajstić information content (AvgIpc) is 3.15. The number of ketones is 1. The van der Waals surface area contributed by atoms with Gasteiger partial charge in [-0.3, -0.25) is 4.79 Å². The van der Waals surface area contributed by atoms with E-state index >= 15 is 0 Å². The van der Waals surface area contributed by atoms with Crippen molar-refractivity contribution in [2.24, 2.45) is 0 Å². The molecular weight excluding hydrogens is 739 g/mol. The van der Waals surface area contributed by atoms with Crippen LogP contribution in [0.2, 0.25) is 10.0 Å². The number of dihydropyridines is 1. The maximum atomic E-state index is 13.6. The Morgan fingerprint density at radius 2 is 1.68 bits per heavy atom. The molecule has 3 aromatic rings. The highest BCUT2D eigenvalue weighted by Crippen LogP contribution is 2.48. The minimum absolute atomic E-state index is 0.0954. The predicted molar refractivity (Wildman–Crippen MR) is 161 cm³/mol. The Bertz CT molecular complexity index is 1520. The molecule has 0 saturated carbocycles. The smallest absolute Gasteiger partial charge is 0.336 e. The minimum Gasteiger partial charge on any atom is -0.487 e. The van der Waals surface area contributed by atoms with Gasteiger partial charge in [-0.25, -0.2) is 4.79 Å². The SMILES string of the molecule is COC(=O)C1=C(C)NC2=C(C(=O)c3ccccc32)[C@@H]1c1cc(I)c(OCc2ccc(Cl)c(Cl)c2)c(I)c1. The van der Waals surface area contributed by atoms with Crippen molar-refractivity contribution >= 4 is 85.8 Å². The molecular formula is C28H19Cl2I2NO4. The van der Waals surface area contributed by atoms with Crippen molar-refractivity contribution < 1.29 is 19.1 Å². The van der Waals surface area contributed by atoms with Gasteiger partial charge in [0.25, 0.3) is 0 Å². The summed E-state index contributed by atoms with van der Waals surface area (Å²) in [5.41, 5.74) is 5.51. The summed E-state index contributed by atoms with van der Waals surface area (Å²) < 4.78 is 13.0. The third kappa shape index (κ3) is 4.79. The molecule has 1 heterocycles. The van der Waals surface area contributed by atoms with Gasteiger partial charge in [0.2, 0.25) is 0 Å². The third-order valence-corrected chi connectivity index (χ3v) is 8.72. The number of methoxy groups -OCH3 is 1. The maximum Gasteiger partial charge on any atom is 0.336 e. The van der Waals surface area contributed by atoms with Crippen molar-refractivity contribution in [1.82, 2.24) is 5.32 Å². The summed E-state index contributed by atoms with van der Waals surface area (Å²) >= 11 is 16.6. The summed E-state index contributed by atoms with van der Waals surface area (Å²) in [6, 6.07) is 16.8. The number of carbonyl (C=O) groups excluding carboxylic acids is 2. The Morgan fingerprint density at radius 3 is 2.32 bits per heavy atom. The van der Waals surface area contributed by atoms with Crippen molar-refractivity contribution in [2.75, 3.05) is 7.11 Å². The molecule has 0 radical (unpaired) electrons. The number of hydrogen-bond donors (Lipinski definition) is 1. The molecule has 9 heteroatoms. The van der Waals surface area contributed by atoms with Crippen molar-refractivity contribution in [3.63, 3.8) is 0 Å². The van der Waals surface area contributed by atoms with Crippen molar-refractivity contribution in [3.8, 4) is 5.75 Å². The van der Waals surface area contributed by atoms with E-state index in [1.165, 1.54) is 7.11 Å². The van der Waals surface area contributed by atoms with Gasteiger partial charge in [-0.15, -0.1) is 0 Å². The van der Waals surface area contributed by atoms with Crippen molar-refractivity contribution in [3.05, 3.63) is 111 Å². The van der Waals surface area contributed by atoms with Gasteiger partial charge in [0.1, 0.15) is 12.4 Å². The Kier molecular flexibility index (Phi) is 7.59. The van der Waals surface area contributed by atoms with E-state index in [0.717, 1.165) is 29.5 Å². The highest BCUT2D eigenvalue weighted by molar-refractivity contribution is 14.1. The maximum absolute atomic E-state index is 13.6. The number of rotatable bonds is 5. The lowest BCUT2D eigenvalue weighted by molar-refractivity contribution is -0.136. The van der Waals surface area contributed by atoms with Crippen LogP contribution in [0.1, 0.15) is 39.9 Å². The topological polar surface area (TPSA) is 64.6 Å². The lowest BCUT2D eigenvalue weighted by Gasteiger charge is -2.29. The number of carbonyl (C=O) groups is 2. The zero-order chi connectivity index (χ0) is 26.4. The summed E-state index contributed by atoms with van der Waals surface area (Å²) in [6.45, 7) is 2.14. The fourth-order valence-electron chi connectivity index (χ4n) is 4.71. The van der Waals surface area contributed by atoms with E-state index in [1.54, 1.807) is 12.1 Å². The fourth-order valence-corrected chi connectivity index (χ4v) is 7.16. The first-order valence-electron chi connectivity index (χ1n) is 11.2. The summed E-state index contributed by atoms with van der Waals surface area (Å²) in [4.78, 5) is 26.6. The van der Waals surface area contributed by atoms with Gasteiger partial charge in [0.15, 0.2) is 5.78 Å². The van der Waals surface area contributed by atoms with Gasteiger partial charge in [-0.2, -0.15) is 0 Å². The van der Waals surface area contributed by atoms with E-state index in [0.29, 0.717) is 44.8 Å². The molecule has 0 spiro atoms. The van der Waals surface area contributed by atoms with Gasteiger partial charge in [-0.05, 0) is 87.5 Å². The first-order chi connectivity index (χ1) is 17.7. The molecule has 1 atom stereocenters. The van der Waals surface area contributed by atoms with Crippen LogP contribution in [0.5, 0.6) is 5.75 Å². The molecule has 0 saturated heterocycles. The Balaban J connectivity index is 1.56. The summed E-state index contributed by atoms with van der Waals surface area (Å²) in [5.74, 6) is -0.451. The highest BCUT2D eigenvalue weighted by Gasteiger charge is 2.43. The number of Topliss-reactive ketones (excluding diaryl/α,β-unsaturated/α-hetero) is 1. The molecule has 1 aliphatic heterocycles. The normalized spacial score (nSPS) is 16.4. The molecule has 2 aliphatic rings. The first-order valence-corrected chi connectivity index (χ1v) is 14.1. The highest BCUT2D eigenvalue weighted by atomic mass is 127. The van der Waals surface area contributed by atoms with Crippen LogP contribution in [-0.2, 0) is 16.1 Å². The zero-order valence-corrected chi connectivity index (χ0v) is 25.5. The van der Waals surface area contributed by atoms with Gasteiger partial charge >= 0.3 is 5.97 Å². The van der Waals surface area contributed by atoms with E-state index in [4.69, 9.17) is 32.7 Å². The van der Waals surface area contributed by atoms with Crippen LogP contribution in [-0.4, -0.2) is 18.9 Å². The second kappa shape index (κ2) is 10.6. The molecule has 1 aliphatic carbocycles. The number of allylic oxidation sites excluding steroid dienone is 2. The molecule has 3 aromatic carbocycles. The minimum atomic E-state index is -0.588. The van der Waals surface area contributed by atoms with Crippen LogP contribution in [0.25, 0.3) is 5.70 Å². The van der Waals surface area contributed by atoms with Crippen LogP contribution >= 0.6 is 68.4 Å². The first kappa shape index (κ1) is 26.5. The van der Waals surface area contributed by atoms with E-state index in [-0.39, 0.29) is 5.78 Å². The average molecular weight is 758 g/mol. The number of fused-ring (bicyclic) bond motifs is 2. The number of benzene rings is 3. The lowest BCUT2D eigenvalue weighted by Crippen LogP contribution is -2.29. The second-order valence-corrected chi connectivity index (χ2v) is 11.7. The third-order valence-electron chi connectivity index (χ3n) is 6.38. The van der Waals surface area contributed by atoms with Crippen LogP contribution in [0.15, 0.2) is 71.4 Å². The van der Waals surface area contributed by atoms with Crippen LogP contribution in [0.4, 0.5) is 0 Å². The number of hydrogen-bond acceptors (Lipinski definition) is 5. The summed E-state index contributed by atoms with van der Waals surface area (Å²) in [6.07, 6.45) is 0. The Morgan fingerprint density at radius 1 is 1.00 bits per heavy atom. The molecule has 0 fully saturated rings. The molecule has 37 heavy (non-hydrogen) atoms. The van der Waals surface area contributed by atoms with E-state index in [2.05, 4.69) is 50.5 Å². The van der Waals surface area contributed by atoms with E-state index in [9.17, 15) is 9.59 Å². The van der Waals surface area contributed by atoms with Gasteiger partial charge in [0, 0.05) is 28.3 Å². The Hall–Kier alpha value is -2.08. The molecule has 5 nitrogen and oxygen atoms in total. The number of halogens is 4. The van der Waals surface area contributed by atoms with Crippen LogP contribution in [0.3, 0.4) is 0 Å². The zero-order valence-electron chi connectivity index (χ0n) is 19.6. The second-order valence-electron chi connectivity index (χ2n) is 8.60. The standard InChI is InChI=1S/C28H19Cl2I2NO4/c1-13-22(28(35)36-2)23(24-25(33-13)16-5-3-4-6-17(16)26(24)34)15-10-20(31)27(21(32)11-15)37-12-14-7-8-18(29)19(30)9-14/h3-11,23,33H,12H2,1-2H3/t23-/m1/s1. The van der Waals surface area contributed by atoms with Crippen molar-refractivity contribution in [1.29, 1.82) is 0 Å². The van der Waals surface area contributed by atoms with Crippen LogP contribution < -0.4 is 10.1 Å². The fraction of sp³-hybridized carbons (Fsp3) is 0.143. The monoisotopic (exact) mass is 757 g/mol. The van der Waals surface area contributed by atoms with Gasteiger partial charge in [0.05, 0.1) is 35.6 Å². The van der Waals surface area contributed by atoms with Crippen molar-refractivity contribution in [2.45, 2.75) is 19.4 Å². The predicted octanol–water partition coefficient (Wildman–Crippen LogP) is 7.52. The largest absolute Gasteiger partial charge is 0.487 e. The molecule has 5 rings (SSSR count). The molecule has 0 bridgehead atoms. The number of esters is 1. The van der Waals surface area contributed by atoms with Gasteiger partial charge in [-0.1, -0.05) is 53.5 Å². The number of nitrogens with one attached hydrogen (secondary N) is 1. The lowest BCUT2D eigenvalue weighted by atomic mass is 9.80. The number of ether oxygens (including phenoxy) is 2. The summed E-state index contributed by atoms with van der Waals surface area (Å²) in [5, 5.41) is 4.26. The van der Waals surface area contributed by atoms with E-state index in [1.807, 2.05) is 49.4 Å². The molecule has 1 N–H and O–H groups in total. The molecule has 0 amide bonds. The molecule has 0 unspecified atom stereocenters. The summed E-state index contributed by atoms with van der Waals surface area (Å²) in [7, 11) is 1.35. The Labute approximate surface area is 251 Å². The van der Waals surface area contributed by atoms with E-state index < -0.39 is 11.9 Å². The quantitative estimate of drug-likeness (QED) is 0.216. The van der Waals surface area contributed by atoms with Crippen LogP contribution in [0, 0.1) is 7.14 Å². The molecule has 188 valence electrons. The molecule has 0 aromatic heterocycles.